The van der Waals surface area contributed by atoms with Gasteiger partial charge in [0.25, 0.3) is 0 Å². The molecule has 2 aromatic rings. The molecule has 150 valence electrons. The molecule has 0 unspecified atom stereocenters. The smallest absolute Gasteiger partial charge is 0.416 e. The fourth-order valence-corrected chi connectivity index (χ4v) is 2.71. The highest BCUT2D eigenvalue weighted by Gasteiger charge is 2.34. The van der Waals surface area contributed by atoms with Crippen molar-refractivity contribution >= 4 is 11.8 Å². The van der Waals surface area contributed by atoms with Crippen LogP contribution in [-0.4, -0.2) is 18.9 Å². The third-order valence-corrected chi connectivity index (χ3v) is 4.25. The first-order chi connectivity index (χ1) is 13.1. The fourth-order valence-electron chi connectivity index (χ4n) is 2.71. The second-order valence-electron chi connectivity index (χ2n) is 6.25. The van der Waals surface area contributed by atoms with Gasteiger partial charge in [0.1, 0.15) is 5.75 Å². The molecule has 0 spiro atoms. The summed E-state index contributed by atoms with van der Waals surface area (Å²) in [6.45, 7) is 3.08. The number of methoxy groups -OCH3 is 1. The summed E-state index contributed by atoms with van der Waals surface area (Å²) in [5.41, 5.74) is -0.216. The van der Waals surface area contributed by atoms with Gasteiger partial charge in [-0.15, -0.1) is 0 Å². The van der Waals surface area contributed by atoms with Crippen molar-refractivity contribution in [3.8, 4) is 5.75 Å². The van der Waals surface area contributed by atoms with Crippen molar-refractivity contribution in [2.45, 2.75) is 32.1 Å². The number of amides is 2. The summed E-state index contributed by atoms with van der Waals surface area (Å²) in [6, 6.07) is 10.4. The number of alkyl halides is 3. The Morgan fingerprint density at radius 3 is 1.96 bits per heavy atom. The molecule has 0 radical (unpaired) electrons. The van der Waals surface area contributed by atoms with Crippen molar-refractivity contribution in [3.05, 3.63) is 65.2 Å². The molecule has 2 amide bonds. The van der Waals surface area contributed by atoms with Crippen LogP contribution in [0.25, 0.3) is 0 Å². The van der Waals surface area contributed by atoms with E-state index in [1.807, 2.05) is 0 Å². The summed E-state index contributed by atoms with van der Waals surface area (Å²) in [5, 5.41) is 4.83. The Balaban J connectivity index is 2.03. The maximum absolute atomic E-state index is 13.1. The molecule has 0 heterocycles. The third-order valence-electron chi connectivity index (χ3n) is 4.25. The second-order valence-corrected chi connectivity index (χ2v) is 6.25. The standard InChI is InChI=1S/C20H21F3N2O3/c1-12(14-8-10-15(28-3)11-9-14)24-18(26)19(27)25-13(2)16-6-4-5-7-17(16)20(21,22)23/h4-13H,1-3H3,(H,24,26)(H,25,27)/t12-,13-/m0/s1. The minimum Gasteiger partial charge on any atom is -0.497 e. The van der Waals surface area contributed by atoms with Gasteiger partial charge in [-0.3, -0.25) is 9.59 Å². The van der Waals surface area contributed by atoms with E-state index in [0.29, 0.717) is 5.75 Å². The molecule has 28 heavy (non-hydrogen) atoms. The van der Waals surface area contributed by atoms with Crippen LogP contribution in [0.5, 0.6) is 5.75 Å². The predicted octanol–water partition coefficient (Wildman–Crippen LogP) is 3.77. The van der Waals surface area contributed by atoms with Gasteiger partial charge in [0.2, 0.25) is 0 Å². The van der Waals surface area contributed by atoms with Gasteiger partial charge in [-0.25, -0.2) is 0 Å². The van der Waals surface area contributed by atoms with E-state index in [1.54, 1.807) is 31.2 Å². The number of ether oxygens (including phenoxy) is 1. The molecule has 0 aliphatic heterocycles. The Morgan fingerprint density at radius 1 is 0.893 bits per heavy atom. The van der Waals surface area contributed by atoms with Crippen LogP contribution in [0.2, 0.25) is 0 Å². The van der Waals surface area contributed by atoms with Crippen molar-refractivity contribution in [1.29, 1.82) is 0 Å². The first-order valence-corrected chi connectivity index (χ1v) is 8.55. The molecular formula is C20H21F3N2O3. The van der Waals surface area contributed by atoms with Crippen molar-refractivity contribution in [3.63, 3.8) is 0 Å². The van der Waals surface area contributed by atoms with Gasteiger partial charge in [-0.05, 0) is 43.2 Å². The van der Waals surface area contributed by atoms with Crippen molar-refractivity contribution < 1.29 is 27.5 Å². The van der Waals surface area contributed by atoms with E-state index >= 15 is 0 Å². The second kappa shape index (κ2) is 8.77. The predicted molar refractivity (Wildman–Crippen MR) is 97.6 cm³/mol. The zero-order chi connectivity index (χ0) is 20.9. The van der Waals surface area contributed by atoms with Crippen LogP contribution < -0.4 is 15.4 Å². The molecule has 2 atom stereocenters. The van der Waals surface area contributed by atoms with Gasteiger partial charge in [-0.2, -0.15) is 13.2 Å². The van der Waals surface area contributed by atoms with E-state index in [4.69, 9.17) is 4.74 Å². The molecule has 2 N–H and O–H groups in total. The van der Waals surface area contributed by atoms with Crippen molar-refractivity contribution in [2.75, 3.05) is 7.11 Å². The van der Waals surface area contributed by atoms with E-state index < -0.39 is 35.6 Å². The normalized spacial score (nSPS) is 13.4. The molecule has 0 saturated carbocycles. The van der Waals surface area contributed by atoms with E-state index in [-0.39, 0.29) is 5.56 Å². The van der Waals surface area contributed by atoms with E-state index in [9.17, 15) is 22.8 Å². The Labute approximate surface area is 160 Å². The van der Waals surface area contributed by atoms with Crippen LogP contribution in [0.3, 0.4) is 0 Å². The molecule has 0 fully saturated rings. The number of hydrogen-bond acceptors (Lipinski definition) is 3. The molecule has 2 aromatic carbocycles. The van der Waals surface area contributed by atoms with Crippen LogP contribution in [-0.2, 0) is 15.8 Å². The molecule has 0 aromatic heterocycles. The molecule has 0 saturated heterocycles. The van der Waals surface area contributed by atoms with Crippen LogP contribution >= 0.6 is 0 Å². The maximum Gasteiger partial charge on any atom is 0.416 e. The first kappa shape index (κ1) is 21.3. The summed E-state index contributed by atoms with van der Waals surface area (Å²) >= 11 is 0. The van der Waals surface area contributed by atoms with Gasteiger partial charge in [0.05, 0.1) is 24.8 Å². The quantitative estimate of drug-likeness (QED) is 0.759. The molecule has 8 heteroatoms. The summed E-state index contributed by atoms with van der Waals surface area (Å²) < 4.78 is 44.4. The van der Waals surface area contributed by atoms with Gasteiger partial charge in [0.15, 0.2) is 0 Å². The number of benzene rings is 2. The van der Waals surface area contributed by atoms with Gasteiger partial charge in [0, 0.05) is 0 Å². The molecule has 0 aliphatic rings. The molecule has 0 bridgehead atoms. The highest BCUT2D eigenvalue weighted by atomic mass is 19.4. The minimum absolute atomic E-state index is 0.112. The lowest BCUT2D eigenvalue weighted by molar-refractivity contribution is -0.140. The largest absolute Gasteiger partial charge is 0.497 e. The van der Waals surface area contributed by atoms with Gasteiger partial charge < -0.3 is 15.4 Å². The average molecular weight is 394 g/mol. The number of hydrogen-bond donors (Lipinski definition) is 2. The van der Waals surface area contributed by atoms with E-state index in [2.05, 4.69) is 10.6 Å². The van der Waals surface area contributed by atoms with Crippen molar-refractivity contribution in [1.82, 2.24) is 10.6 Å². The monoisotopic (exact) mass is 394 g/mol. The number of carbonyl (C=O) groups is 2. The zero-order valence-electron chi connectivity index (χ0n) is 15.6. The number of halogens is 3. The third kappa shape index (κ3) is 5.25. The summed E-state index contributed by atoms with van der Waals surface area (Å²) in [6.07, 6.45) is -4.55. The Bertz CT molecular complexity index is 835. The summed E-state index contributed by atoms with van der Waals surface area (Å²) in [7, 11) is 1.53. The number of nitrogens with one attached hydrogen (secondary N) is 2. The average Bonchev–Trinajstić information content (AvgIpc) is 2.67. The van der Waals surface area contributed by atoms with E-state index in [0.717, 1.165) is 11.6 Å². The fraction of sp³-hybridized carbons (Fsp3) is 0.300. The first-order valence-electron chi connectivity index (χ1n) is 8.55. The van der Waals surface area contributed by atoms with Crippen LogP contribution in [0.4, 0.5) is 13.2 Å². The van der Waals surface area contributed by atoms with Gasteiger partial charge in [-0.1, -0.05) is 30.3 Å². The number of carbonyl (C=O) groups excluding carboxylic acids is 2. The molecule has 2 rings (SSSR count). The summed E-state index contributed by atoms with van der Waals surface area (Å²) in [4.78, 5) is 24.3. The van der Waals surface area contributed by atoms with E-state index in [1.165, 1.54) is 32.2 Å². The lowest BCUT2D eigenvalue weighted by atomic mass is 10.0. The number of rotatable bonds is 5. The Morgan fingerprint density at radius 2 is 1.43 bits per heavy atom. The molecule has 0 aliphatic carbocycles. The Kier molecular flexibility index (Phi) is 6.66. The molecule has 5 nitrogen and oxygen atoms in total. The van der Waals surface area contributed by atoms with Crippen molar-refractivity contribution in [2.24, 2.45) is 0 Å². The minimum atomic E-state index is -4.55. The Hall–Kier alpha value is -3.03. The topological polar surface area (TPSA) is 67.4 Å². The highest BCUT2D eigenvalue weighted by molar-refractivity contribution is 6.35. The SMILES string of the molecule is COc1ccc([C@H](C)NC(=O)C(=O)N[C@@H](C)c2ccccc2C(F)(F)F)cc1. The summed E-state index contributed by atoms with van der Waals surface area (Å²) in [5.74, 6) is -1.29. The maximum atomic E-state index is 13.1. The highest BCUT2D eigenvalue weighted by Crippen LogP contribution is 2.34. The van der Waals surface area contributed by atoms with Crippen LogP contribution in [0, 0.1) is 0 Å². The lowest BCUT2D eigenvalue weighted by Crippen LogP contribution is -2.42. The van der Waals surface area contributed by atoms with Crippen LogP contribution in [0.15, 0.2) is 48.5 Å². The van der Waals surface area contributed by atoms with Crippen LogP contribution in [0.1, 0.15) is 42.6 Å². The molecular weight excluding hydrogens is 373 g/mol. The lowest BCUT2D eigenvalue weighted by Gasteiger charge is -2.20. The van der Waals surface area contributed by atoms with Gasteiger partial charge >= 0.3 is 18.0 Å². The zero-order valence-corrected chi connectivity index (χ0v) is 15.6.